The van der Waals surface area contributed by atoms with Crippen LogP contribution in [0.5, 0.6) is 0 Å². The van der Waals surface area contributed by atoms with Gasteiger partial charge in [0.15, 0.2) is 0 Å². The van der Waals surface area contributed by atoms with Crippen molar-refractivity contribution in [3.63, 3.8) is 0 Å². The highest BCUT2D eigenvalue weighted by Crippen LogP contribution is 2.20. The maximum absolute atomic E-state index is 12.3. The van der Waals surface area contributed by atoms with Crippen LogP contribution in [-0.2, 0) is 6.42 Å². The molecule has 0 aromatic carbocycles. The Morgan fingerprint density at radius 2 is 2.05 bits per heavy atom. The van der Waals surface area contributed by atoms with Crippen LogP contribution < -0.4 is 5.32 Å². The molecule has 0 spiro atoms. The van der Waals surface area contributed by atoms with Crippen LogP contribution in [0.4, 0.5) is 0 Å². The van der Waals surface area contributed by atoms with Crippen molar-refractivity contribution in [1.29, 1.82) is 0 Å². The van der Waals surface area contributed by atoms with Gasteiger partial charge in [0.2, 0.25) is 0 Å². The Labute approximate surface area is 133 Å². The van der Waals surface area contributed by atoms with Gasteiger partial charge in [-0.1, -0.05) is 20.3 Å². The molecule has 1 saturated heterocycles. The highest BCUT2D eigenvalue weighted by Gasteiger charge is 2.28. The Balaban J connectivity index is 1.87. The van der Waals surface area contributed by atoms with E-state index >= 15 is 0 Å². The van der Waals surface area contributed by atoms with E-state index in [-0.39, 0.29) is 11.4 Å². The maximum atomic E-state index is 12.3. The van der Waals surface area contributed by atoms with E-state index in [9.17, 15) is 4.79 Å². The molecule has 2 N–H and O–H groups in total. The fourth-order valence-electron chi connectivity index (χ4n) is 3.02. The number of likely N-dealkylation sites (tertiary alicyclic amines) is 1. The van der Waals surface area contributed by atoms with Gasteiger partial charge in [0.25, 0.3) is 5.91 Å². The molecule has 1 aliphatic rings. The van der Waals surface area contributed by atoms with E-state index in [0.29, 0.717) is 18.2 Å². The summed E-state index contributed by atoms with van der Waals surface area (Å²) < 4.78 is 0. The molecule has 1 amide bonds. The monoisotopic (exact) mass is 306 g/mol. The predicted octanol–water partition coefficient (Wildman–Crippen LogP) is 2.60. The fourth-order valence-corrected chi connectivity index (χ4v) is 3.02. The van der Waals surface area contributed by atoms with Crippen LogP contribution in [0.15, 0.2) is 6.07 Å². The van der Waals surface area contributed by atoms with Gasteiger partial charge in [0.1, 0.15) is 5.69 Å². The Kier molecular flexibility index (Phi) is 5.62. The standard InChI is InChI=1S/C17H30N4O/c1-13(2)10-14-11-15(20-19-14)16(22)18-12-17(3,4)21-8-6-5-7-9-21/h11,13H,5-10,12H2,1-4H3,(H,18,22)(H,19,20). The Morgan fingerprint density at radius 1 is 1.36 bits per heavy atom. The minimum atomic E-state index is -0.0867. The van der Waals surface area contributed by atoms with Crippen molar-refractivity contribution < 1.29 is 4.79 Å². The molecule has 1 fully saturated rings. The van der Waals surface area contributed by atoms with Crippen molar-refractivity contribution in [3.05, 3.63) is 17.5 Å². The summed E-state index contributed by atoms with van der Waals surface area (Å²) in [5.41, 5.74) is 1.51. The number of aromatic amines is 1. The molecular formula is C17H30N4O. The zero-order chi connectivity index (χ0) is 16.2. The molecule has 1 aromatic heterocycles. The van der Waals surface area contributed by atoms with Gasteiger partial charge in [0.05, 0.1) is 0 Å². The third-order valence-corrected chi connectivity index (χ3v) is 4.39. The molecule has 5 heteroatoms. The van der Waals surface area contributed by atoms with Gasteiger partial charge in [-0.05, 0) is 58.2 Å². The first kappa shape index (κ1) is 17.0. The van der Waals surface area contributed by atoms with E-state index < -0.39 is 0 Å². The Morgan fingerprint density at radius 3 is 2.68 bits per heavy atom. The molecule has 2 rings (SSSR count). The Bertz CT molecular complexity index is 487. The van der Waals surface area contributed by atoms with Crippen molar-refractivity contribution in [1.82, 2.24) is 20.4 Å². The average molecular weight is 306 g/mol. The van der Waals surface area contributed by atoms with E-state index in [0.717, 1.165) is 25.2 Å². The second-order valence-electron chi connectivity index (χ2n) is 7.42. The van der Waals surface area contributed by atoms with E-state index in [4.69, 9.17) is 0 Å². The SMILES string of the molecule is CC(C)Cc1cc(C(=O)NCC(C)(C)N2CCCCC2)n[nH]1. The first-order valence-electron chi connectivity index (χ1n) is 8.46. The van der Waals surface area contributed by atoms with E-state index in [1.54, 1.807) is 0 Å². The molecule has 5 nitrogen and oxygen atoms in total. The number of aromatic nitrogens is 2. The normalized spacial score (nSPS) is 17.0. The molecule has 124 valence electrons. The van der Waals surface area contributed by atoms with E-state index in [1.165, 1.54) is 19.3 Å². The lowest BCUT2D eigenvalue weighted by Crippen LogP contribution is -2.53. The summed E-state index contributed by atoms with van der Waals surface area (Å²) in [7, 11) is 0. The lowest BCUT2D eigenvalue weighted by Gasteiger charge is -2.41. The van der Waals surface area contributed by atoms with Gasteiger partial charge in [-0.25, -0.2) is 0 Å². The minimum Gasteiger partial charge on any atom is -0.349 e. The highest BCUT2D eigenvalue weighted by molar-refractivity contribution is 5.92. The third-order valence-electron chi connectivity index (χ3n) is 4.39. The van der Waals surface area contributed by atoms with Crippen LogP contribution >= 0.6 is 0 Å². The minimum absolute atomic E-state index is 0.00680. The van der Waals surface area contributed by atoms with Crippen molar-refractivity contribution in [3.8, 4) is 0 Å². The number of hydrogen-bond donors (Lipinski definition) is 2. The fraction of sp³-hybridized carbons (Fsp3) is 0.765. The van der Waals surface area contributed by atoms with E-state index in [1.807, 2.05) is 6.07 Å². The number of piperidine rings is 1. The van der Waals surface area contributed by atoms with Crippen molar-refractivity contribution in [2.24, 2.45) is 5.92 Å². The number of amides is 1. The number of carbonyl (C=O) groups is 1. The lowest BCUT2D eigenvalue weighted by molar-refractivity contribution is 0.0794. The smallest absolute Gasteiger partial charge is 0.271 e. The Hall–Kier alpha value is -1.36. The lowest BCUT2D eigenvalue weighted by atomic mass is 9.98. The summed E-state index contributed by atoms with van der Waals surface area (Å²) in [6.45, 7) is 11.6. The summed E-state index contributed by atoms with van der Waals surface area (Å²) in [6.07, 6.45) is 4.76. The molecule has 0 radical (unpaired) electrons. The molecule has 0 aliphatic carbocycles. The van der Waals surface area contributed by atoms with E-state index in [2.05, 4.69) is 48.1 Å². The van der Waals surface area contributed by atoms with Gasteiger partial charge in [0, 0.05) is 17.8 Å². The van der Waals surface area contributed by atoms with Crippen LogP contribution in [0.3, 0.4) is 0 Å². The quantitative estimate of drug-likeness (QED) is 0.849. The summed E-state index contributed by atoms with van der Waals surface area (Å²) in [4.78, 5) is 14.7. The number of nitrogens with one attached hydrogen (secondary N) is 2. The molecular weight excluding hydrogens is 276 g/mol. The molecule has 0 unspecified atom stereocenters. The van der Waals surface area contributed by atoms with Crippen LogP contribution in [0.1, 0.15) is 63.1 Å². The van der Waals surface area contributed by atoms with Crippen molar-refractivity contribution in [2.75, 3.05) is 19.6 Å². The summed E-state index contributed by atoms with van der Waals surface area (Å²) in [6, 6.07) is 1.86. The zero-order valence-electron chi connectivity index (χ0n) is 14.4. The largest absolute Gasteiger partial charge is 0.349 e. The molecule has 0 saturated carbocycles. The molecule has 0 atom stereocenters. The summed E-state index contributed by atoms with van der Waals surface area (Å²) >= 11 is 0. The molecule has 1 aliphatic heterocycles. The first-order chi connectivity index (χ1) is 10.4. The predicted molar refractivity (Wildman–Crippen MR) is 89.0 cm³/mol. The van der Waals surface area contributed by atoms with Crippen molar-refractivity contribution >= 4 is 5.91 Å². The van der Waals surface area contributed by atoms with Crippen LogP contribution in [0.2, 0.25) is 0 Å². The molecule has 0 bridgehead atoms. The highest BCUT2D eigenvalue weighted by atomic mass is 16.1. The molecule has 22 heavy (non-hydrogen) atoms. The topological polar surface area (TPSA) is 61.0 Å². The van der Waals surface area contributed by atoms with Gasteiger partial charge in [-0.3, -0.25) is 14.8 Å². The van der Waals surface area contributed by atoms with Gasteiger partial charge in [-0.2, -0.15) is 5.10 Å². The van der Waals surface area contributed by atoms with Gasteiger partial charge < -0.3 is 5.32 Å². The average Bonchev–Trinajstić information content (AvgIpc) is 2.93. The maximum Gasteiger partial charge on any atom is 0.271 e. The number of H-pyrrole nitrogens is 1. The summed E-state index contributed by atoms with van der Waals surface area (Å²) in [5.74, 6) is 0.464. The van der Waals surface area contributed by atoms with Crippen LogP contribution in [0.25, 0.3) is 0 Å². The molecule has 2 heterocycles. The summed E-state index contributed by atoms with van der Waals surface area (Å²) in [5, 5.41) is 10.1. The van der Waals surface area contributed by atoms with Crippen molar-refractivity contribution in [2.45, 2.75) is 58.9 Å². The number of rotatable bonds is 6. The van der Waals surface area contributed by atoms with Gasteiger partial charge in [-0.15, -0.1) is 0 Å². The second-order valence-corrected chi connectivity index (χ2v) is 7.42. The zero-order valence-corrected chi connectivity index (χ0v) is 14.4. The number of nitrogens with zero attached hydrogens (tertiary/aromatic N) is 2. The van der Waals surface area contributed by atoms with Crippen LogP contribution in [-0.4, -0.2) is 46.2 Å². The van der Waals surface area contributed by atoms with Crippen LogP contribution in [0, 0.1) is 5.92 Å². The van der Waals surface area contributed by atoms with Gasteiger partial charge >= 0.3 is 0 Å². The number of hydrogen-bond acceptors (Lipinski definition) is 3. The first-order valence-corrected chi connectivity index (χ1v) is 8.46. The molecule has 1 aromatic rings. The number of carbonyl (C=O) groups excluding carboxylic acids is 1. The third kappa shape index (κ3) is 4.57. The second kappa shape index (κ2) is 7.27.